The number of methoxy groups -OCH3 is 1. The number of aromatic nitrogens is 4. The van der Waals surface area contributed by atoms with Crippen molar-refractivity contribution in [3.63, 3.8) is 0 Å². The largest absolute Gasteiger partial charge is 0.497 e. The SMILES string of the molecule is COc1ccc(-c2nnc(SCC(=O)N/N=C/c3cccnc3)n2-c2ccc(Cl)cc2)cc1. The molecule has 0 radical (unpaired) electrons. The number of ether oxygens (including phenoxy) is 1. The highest BCUT2D eigenvalue weighted by Crippen LogP contribution is 2.29. The third kappa shape index (κ3) is 5.76. The summed E-state index contributed by atoms with van der Waals surface area (Å²) in [7, 11) is 1.62. The van der Waals surface area contributed by atoms with E-state index in [0.29, 0.717) is 16.0 Å². The van der Waals surface area contributed by atoms with E-state index in [2.05, 4.69) is 25.7 Å². The van der Waals surface area contributed by atoms with Crippen LogP contribution in [0.2, 0.25) is 5.02 Å². The average Bonchev–Trinajstić information content (AvgIpc) is 3.28. The lowest BCUT2D eigenvalue weighted by atomic mass is 10.2. The number of hydrogen-bond donors (Lipinski definition) is 1. The van der Waals surface area contributed by atoms with E-state index < -0.39 is 0 Å². The standard InChI is InChI=1S/C23H19ClN6O2S/c1-32-20-10-4-17(5-11-20)22-28-29-23(30(22)19-8-6-18(24)7-9-19)33-15-21(31)27-26-14-16-3-2-12-25-13-16/h2-14H,15H2,1H3,(H,27,31)/b26-14+. The van der Waals surface area contributed by atoms with Gasteiger partial charge < -0.3 is 4.74 Å². The molecule has 0 atom stereocenters. The number of hydrogen-bond acceptors (Lipinski definition) is 7. The molecule has 1 amide bonds. The second kappa shape index (κ2) is 10.8. The van der Waals surface area contributed by atoms with Gasteiger partial charge in [0.2, 0.25) is 0 Å². The van der Waals surface area contributed by atoms with E-state index >= 15 is 0 Å². The zero-order valence-corrected chi connectivity index (χ0v) is 19.1. The lowest BCUT2D eigenvalue weighted by Crippen LogP contribution is -2.20. The second-order valence-electron chi connectivity index (χ2n) is 6.71. The molecule has 2 heterocycles. The van der Waals surface area contributed by atoms with Crippen molar-refractivity contribution in [3.8, 4) is 22.8 Å². The van der Waals surface area contributed by atoms with E-state index in [1.165, 1.54) is 18.0 Å². The van der Waals surface area contributed by atoms with Crippen LogP contribution in [0, 0.1) is 0 Å². The molecule has 1 N–H and O–H groups in total. The number of benzene rings is 2. The summed E-state index contributed by atoms with van der Waals surface area (Å²) >= 11 is 7.33. The van der Waals surface area contributed by atoms with Crippen molar-refractivity contribution in [1.29, 1.82) is 0 Å². The number of nitrogens with zero attached hydrogens (tertiary/aromatic N) is 5. The molecule has 0 saturated heterocycles. The fourth-order valence-corrected chi connectivity index (χ4v) is 3.78. The first-order valence-corrected chi connectivity index (χ1v) is 11.2. The van der Waals surface area contributed by atoms with Crippen LogP contribution in [-0.4, -0.2) is 44.7 Å². The molecule has 0 aliphatic rings. The van der Waals surface area contributed by atoms with Crippen LogP contribution in [0.25, 0.3) is 17.1 Å². The zero-order valence-electron chi connectivity index (χ0n) is 17.6. The van der Waals surface area contributed by atoms with Gasteiger partial charge in [0.15, 0.2) is 11.0 Å². The first kappa shape index (κ1) is 22.5. The number of pyridine rings is 1. The summed E-state index contributed by atoms with van der Waals surface area (Å²) in [6.07, 6.45) is 4.86. The van der Waals surface area contributed by atoms with Crippen molar-refractivity contribution >= 4 is 35.5 Å². The Hall–Kier alpha value is -3.69. The number of carbonyl (C=O) groups excluding carboxylic acids is 1. The highest BCUT2D eigenvalue weighted by Gasteiger charge is 2.17. The predicted molar refractivity (Wildman–Crippen MR) is 129 cm³/mol. The summed E-state index contributed by atoms with van der Waals surface area (Å²) in [6.45, 7) is 0. The number of hydrazone groups is 1. The van der Waals surface area contributed by atoms with Gasteiger partial charge in [0.25, 0.3) is 5.91 Å². The summed E-state index contributed by atoms with van der Waals surface area (Å²) in [4.78, 5) is 16.3. The van der Waals surface area contributed by atoms with Crippen LogP contribution in [0.4, 0.5) is 0 Å². The second-order valence-corrected chi connectivity index (χ2v) is 8.09. The highest BCUT2D eigenvalue weighted by atomic mass is 35.5. The summed E-state index contributed by atoms with van der Waals surface area (Å²) < 4.78 is 7.13. The van der Waals surface area contributed by atoms with E-state index in [1.807, 2.05) is 47.0 Å². The first-order chi connectivity index (χ1) is 16.1. The molecule has 0 bridgehead atoms. The predicted octanol–water partition coefficient (Wildman–Crippen LogP) is 4.23. The maximum Gasteiger partial charge on any atom is 0.250 e. The third-order valence-electron chi connectivity index (χ3n) is 4.49. The topological polar surface area (TPSA) is 94.3 Å². The van der Waals surface area contributed by atoms with E-state index in [4.69, 9.17) is 16.3 Å². The summed E-state index contributed by atoms with van der Waals surface area (Å²) in [5.74, 6) is 1.22. The maximum atomic E-state index is 12.3. The fourth-order valence-electron chi connectivity index (χ4n) is 2.91. The van der Waals surface area contributed by atoms with Crippen LogP contribution in [0.1, 0.15) is 5.56 Å². The lowest BCUT2D eigenvalue weighted by molar-refractivity contribution is -0.118. The van der Waals surface area contributed by atoms with E-state index in [1.54, 1.807) is 37.7 Å². The molecule has 0 saturated carbocycles. The van der Waals surface area contributed by atoms with Crippen molar-refractivity contribution in [2.24, 2.45) is 5.10 Å². The van der Waals surface area contributed by atoms with Crippen molar-refractivity contribution in [1.82, 2.24) is 25.2 Å². The molecule has 0 spiro atoms. The van der Waals surface area contributed by atoms with Gasteiger partial charge in [0, 0.05) is 34.2 Å². The van der Waals surface area contributed by atoms with Crippen molar-refractivity contribution in [3.05, 3.63) is 83.6 Å². The molecule has 33 heavy (non-hydrogen) atoms. The minimum Gasteiger partial charge on any atom is -0.497 e. The van der Waals surface area contributed by atoms with Gasteiger partial charge in [-0.15, -0.1) is 10.2 Å². The monoisotopic (exact) mass is 478 g/mol. The van der Waals surface area contributed by atoms with Gasteiger partial charge in [-0.1, -0.05) is 29.4 Å². The summed E-state index contributed by atoms with van der Waals surface area (Å²) in [5.41, 5.74) is 4.98. The third-order valence-corrected chi connectivity index (χ3v) is 5.67. The van der Waals surface area contributed by atoms with E-state index in [-0.39, 0.29) is 11.7 Å². The quantitative estimate of drug-likeness (QED) is 0.231. The van der Waals surface area contributed by atoms with Gasteiger partial charge in [-0.25, -0.2) is 5.43 Å². The van der Waals surface area contributed by atoms with Crippen LogP contribution in [0.5, 0.6) is 5.75 Å². The number of thioether (sulfide) groups is 1. The van der Waals surface area contributed by atoms with Gasteiger partial charge in [0.05, 0.1) is 19.1 Å². The fraction of sp³-hybridized carbons (Fsp3) is 0.0870. The molecule has 166 valence electrons. The first-order valence-electron chi connectivity index (χ1n) is 9.84. The van der Waals surface area contributed by atoms with Crippen LogP contribution in [-0.2, 0) is 4.79 Å². The van der Waals surface area contributed by atoms with Crippen molar-refractivity contribution in [2.75, 3.05) is 12.9 Å². The van der Waals surface area contributed by atoms with Crippen LogP contribution >= 0.6 is 23.4 Å². The molecule has 8 nitrogen and oxygen atoms in total. The molecular formula is C23H19ClN6O2S. The van der Waals surface area contributed by atoms with Crippen molar-refractivity contribution < 1.29 is 9.53 Å². The number of halogens is 1. The Labute approximate surface area is 199 Å². The molecule has 0 aliphatic carbocycles. The summed E-state index contributed by atoms with van der Waals surface area (Å²) in [6, 6.07) is 18.5. The Morgan fingerprint density at radius 3 is 2.64 bits per heavy atom. The molecule has 2 aromatic heterocycles. The Morgan fingerprint density at radius 2 is 1.94 bits per heavy atom. The van der Waals surface area contributed by atoms with Gasteiger partial charge in [0.1, 0.15) is 5.75 Å². The Kier molecular flexibility index (Phi) is 7.33. The number of carbonyl (C=O) groups is 1. The molecule has 0 fully saturated rings. The average molecular weight is 479 g/mol. The minimum atomic E-state index is -0.267. The highest BCUT2D eigenvalue weighted by molar-refractivity contribution is 7.99. The van der Waals surface area contributed by atoms with Crippen LogP contribution < -0.4 is 10.2 Å². The molecule has 4 rings (SSSR count). The van der Waals surface area contributed by atoms with Gasteiger partial charge >= 0.3 is 0 Å². The lowest BCUT2D eigenvalue weighted by Gasteiger charge is -2.11. The van der Waals surface area contributed by atoms with Crippen LogP contribution in [0.15, 0.2) is 83.3 Å². The maximum absolute atomic E-state index is 12.3. The number of rotatable bonds is 8. The Bertz CT molecular complexity index is 1240. The van der Waals surface area contributed by atoms with Gasteiger partial charge in [-0.2, -0.15) is 5.10 Å². The van der Waals surface area contributed by atoms with Crippen molar-refractivity contribution in [2.45, 2.75) is 5.16 Å². The molecule has 2 aromatic carbocycles. The molecule has 0 aliphatic heterocycles. The molecule has 4 aromatic rings. The Balaban J connectivity index is 1.53. The van der Waals surface area contributed by atoms with Gasteiger partial charge in [-0.3, -0.25) is 14.3 Å². The molecule has 10 heteroatoms. The van der Waals surface area contributed by atoms with E-state index in [9.17, 15) is 4.79 Å². The number of amides is 1. The Morgan fingerprint density at radius 1 is 1.15 bits per heavy atom. The summed E-state index contributed by atoms with van der Waals surface area (Å²) in [5, 5.41) is 13.8. The molecule has 0 unspecified atom stereocenters. The van der Waals surface area contributed by atoms with Gasteiger partial charge in [-0.05, 0) is 54.6 Å². The smallest absolute Gasteiger partial charge is 0.250 e. The normalized spacial score (nSPS) is 11.0. The van der Waals surface area contributed by atoms with E-state index in [0.717, 1.165) is 22.6 Å². The minimum absolute atomic E-state index is 0.110. The molecular weight excluding hydrogens is 460 g/mol. The number of nitrogens with one attached hydrogen (secondary N) is 1. The van der Waals surface area contributed by atoms with Crippen LogP contribution in [0.3, 0.4) is 0 Å². The zero-order chi connectivity index (χ0) is 23.0.